The van der Waals surface area contributed by atoms with Crippen LogP contribution in [0.1, 0.15) is 37.3 Å². The summed E-state index contributed by atoms with van der Waals surface area (Å²) in [4.78, 5) is 1.38. The zero-order valence-electron chi connectivity index (χ0n) is 10.0. The molecular formula is C12H21NOS. The Morgan fingerprint density at radius 3 is 2.67 bits per heavy atom. The Hall–Kier alpha value is -0.380. The van der Waals surface area contributed by atoms with Crippen LogP contribution in [0, 0.1) is 6.92 Å². The molecule has 0 fully saturated rings. The third-order valence-electron chi connectivity index (χ3n) is 2.32. The molecule has 2 nitrogen and oxygen atoms in total. The Balaban J connectivity index is 2.61. The van der Waals surface area contributed by atoms with Gasteiger partial charge in [0.25, 0.3) is 0 Å². The van der Waals surface area contributed by atoms with Gasteiger partial charge in [0.1, 0.15) is 0 Å². The minimum absolute atomic E-state index is 0.296. The van der Waals surface area contributed by atoms with Crippen molar-refractivity contribution >= 4 is 11.3 Å². The van der Waals surface area contributed by atoms with E-state index in [0.29, 0.717) is 12.1 Å². The Bertz CT molecular complexity index is 283. The molecule has 0 amide bonds. The van der Waals surface area contributed by atoms with Crippen LogP contribution in [0.2, 0.25) is 0 Å². The van der Waals surface area contributed by atoms with Crippen molar-refractivity contribution in [1.29, 1.82) is 0 Å². The summed E-state index contributed by atoms with van der Waals surface area (Å²) in [5.74, 6) is 0. The molecule has 0 saturated heterocycles. The molecule has 1 unspecified atom stereocenters. The lowest BCUT2D eigenvalue weighted by Crippen LogP contribution is -2.26. The molecule has 0 aliphatic carbocycles. The van der Waals surface area contributed by atoms with Crippen molar-refractivity contribution in [2.75, 3.05) is 13.2 Å². The smallest absolute Gasteiger partial charge is 0.0665 e. The van der Waals surface area contributed by atoms with Gasteiger partial charge in [-0.1, -0.05) is 6.92 Å². The van der Waals surface area contributed by atoms with E-state index >= 15 is 0 Å². The molecule has 1 atom stereocenters. The second kappa shape index (κ2) is 6.26. The molecule has 3 heteroatoms. The highest BCUT2D eigenvalue weighted by Crippen LogP contribution is 2.23. The van der Waals surface area contributed by atoms with Gasteiger partial charge in [-0.05, 0) is 44.3 Å². The predicted octanol–water partition coefficient (Wildman–Crippen LogP) is 3.13. The number of thiophene rings is 1. The molecule has 0 radical (unpaired) electrons. The third-order valence-corrected chi connectivity index (χ3v) is 3.18. The first-order valence-corrected chi connectivity index (χ1v) is 6.42. The van der Waals surface area contributed by atoms with E-state index in [2.05, 4.69) is 44.5 Å². The maximum atomic E-state index is 5.68. The summed E-state index contributed by atoms with van der Waals surface area (Å²) < 4.78 is 5.68. The number of aryl methyl sites for hydroxylation is 1. The fraction of sp³-hybridized carbons (Fsp3) is 0.667. The number of likely N-dealkylation sites (N-methyl/N-ethyl adjacent to an activating group) is 1. The fourth-order valence-corrected chi connectivity index (χ4v) is 2.32. The highest BCUT2D eigenvalue weighted by atomic mass is 32.1. The standard InChI is InChI=1S/C12H21NOS/c1-5-13-12(8-14-9(2)3)11-6-7-15-10(11)4/h6-7,9,12-13H,5,8H2,1-4H3. The van der Waals surface area contributed by atoms with Crippen LogP contribution in [0.5, 0.6) is 0 Å². The van der Waals surface area contributed by atoms with Crippen molar-refractivity contribution in [2.45, 2.75) is 39.8 Å². The molecule has 1 aromatic heterocycles. The molecule has 0 aromatic carbocycles. The van der Waals surface area contributed by atoms with E-state index in [1.54, 1.807) is 11.3 Å². The molecule has 1 aromatic rings. The van der Waals surface area contributed by atoms with Gasteiger partial charge in [-0.25, -0.2) is 0 Å². The molecule has 0 aliphatic rings. The van der Waals surface area contributed by atoms with Crippen molar-refractivity contribution in [1.82, 2.24) is 5.32 Å². The van der Waals surface area contributed by atoms with Crippen LogP contribution in [0.4, 0.5) is 0 Å². The van der Waals surface area contributed by atoms with Gasteiger partial charge in [0.05, 0.1) is 18.8 Å². The zero-order valence-corrected chi connectivity index (χ0v) is 10.9. The highest BCUT2D eigenvalue weighted by Gasteiger charge is 2.14. The first kappa shape index (κ1) is 12.7. The quantitative estimate of drug-likeness (QED) is 0.806. The highest BCUT2D eigenvalue weighted by molar-refractivity contribution is 7.10. The van der Waals surface area contributed by atoms with Crippen molar-refractivity contribution in [2.24, 2.45) is 0 Å². The Kier molecular flexibility index (Phi) is 5.29. The average Bonchev–Trinajstić information content (AvgIpc) is 2.59. The predicted molar refractivity (Wildman–Crippen MR) is 66.6 cm³/mol. The van der Waals surface area contributed by atoms with Crippen molar-refractivity contribution in [3.8, 4) is 0 Å². The van der Waals surface area contributed by atoms with Gasteiger partial charge >= 0.3 is 0 Å². The van der Waals surface area contributed by atoms with Crippen LogP contribution >= 0.6 is 11.3 Å². The monoisotopic (exact) mass is 227 g/mol. The molecule has 1 rings (SSSR count). The summed E-state index contributed by atoms with van der Waals surface area (Å²) in [6.45, 7) is 10.2. The van der Waals surface area contributed by atoms with Crippen LogP contribution < -0.4 is 5.32 Å². The zero-order chi connectivity index (χ0) is 11.3. The lowest BCUT2D eigenvalue weighted by Gasteiger charge is -2.19. The second-order valence-electron chi connectivity index (χ2n) is 3.92. The summed E-state index contributed by atoms with van der Waals surface area (Å²) in [6, 6.07) is 2.53. The minimum atomic E-state index is 0.296. The van der Waals surface area contributed by atoms with Crippen LogP contribution in [0.25, 0.3) is 0 Å². The van der Waals surface area contributed by atoms with E-state index in [1.165, 1.54) is 10.4 Å². The summed E-state index contributed by atoms with van der Waals surface area (Å²) in [5, 5.41) is 5.61. The van der Waals surface area contributed by atoms with Gasteiger partial charge in [0.2, 0.25) is 0 Å². The van der Waals surface area contributed by atoms with Crippen LogP contribution in [-0.4, -0.2) is 19.3 Å². The van der Waals surface area contributed by atoms with E-state index in [4.69, 9.17) is 4.74 Å². The fourth-order valence-electron chi connectivity index (χ4n) is 1.55. The molecule has 1 heterocycles. The molecule has 0 spiro atoms. The summed E-state index contributed by atoms with van der Waals surface area (Å²) in [5.41, 5.74) is 1.38. The number of ether oxygens (including phenoxy) is 1. The maximum absolute atomic E-state index is 5.68. The number of nitrogens with one attached hydrogen (secondary N) is 1. The Morgan fingerprint density at radius 2 is 2.20 bits per heavy atom. The van der Waals surface area contributed by atoms with Crippen LogP contribution in [0.3, 0.4) is 0 Å². The molecular weight excluding hydrogens is 206 g/mol. The van der Waals surface area contributed by atoms with E-state index in [0.717, 1.165) is 13.2 Å². The van der Waals surface area contributed by atoms with Crippen molar-refractivity contribution < 1.29 is 4.74 Å². The summed E-state index contributed by atoms with van der Waals surface area (Å²) in [7, 11) is 0. The normalized spacial score (nSPS) is 13.4. The van der Waals surface area contributed by atoms with Crippen LogP contribution in [0.15, 0.2) is 11.4 Å². The topological polar surface area (TPSA) is 21.3 Å². The number of hydrogen-bond acceptors (Lipinski definition) is 3. The molecule has 86 valence electrons. The average molecular weight is 227 g/mol. The lowest BCUT2D eigenvalue weighted by atomic mass is 10.1. The number of hydrogen-bond donors (Lipinski definition) is 1. The lowest BCUT2D eigenvalue weighted by molar-refractivity contribution is 0.0614. The van der Waals surface area contributed by atoms with Gasteiger partial charge in [-0.15, -0.1) is 11.3 Å². The van der Waals surface area contributed by atoms with Crippen molar-refractivity contribution in [3.63, 3.8) is 0 Å². The van der Waals surface area contributed by atoms with E-state index < -0.39 is 0 Å². The van der Waals surface area contributed by atoms with Crippen molar-refractivity contribution in [3.05, 3.63) is 21.9 Å². The minimum Gasteiger partial charge on any atom is -0.377 e. The third kappa shape index (κ3) is 3.93. The Morgan fingerprint density at radius 1 is 1.47 bits per heavy atom. The molecule has 0 aliphatic heterocycles. The summed E-state index contributed by atoms with van der Waals surface area (Å²) in [6.07, 6.45) is 0.296. The maximum Gasteiger partial charge on any atom is 0.0665 e. The SMILES string of the molecule is CCNC(COC(C)C)c1ccsc1C. The molecule has 15 heavy (non-hydrogen) atoms. The first-order valence-electron chi connectivity index (χ1n) is 5.54. The van der Waals surface area contributed by atoms with E-state index in [1.807, 2.05) is 0 Å². The number of rotatable bonds is 6. The molecule has 0 bridgehead atoms. The van der Waals surface area contributed by atoms with Gasteiger partial charge in [0.15, 0.2) is 0 Å². The molecule has 0 saturated carbocycles. The van der Waals surface area contributed by atoms with E-state index in [9.17, 15) is 0 Å². The van der Waals surface area contributed by atoms with Gasteiger partial charge in [0, 0.05) is 4.88 Å². The van der Waals surface area contributed by atoms with Gasteiger partial charge in [-0.3, -0.25) is 0 Å². The van der Waals surface area contributed by atoms with E-state index in [-0.39, 0.29) is 0 Å². The van der Waals surface area contributed by atoms with Crippen LogP contribution in [-0.2, 0) is 4.74 Å². The Labute approximate surface area is 96.7 Å². The summed E-state index contributed by atoms with van der Waals surface area (Å²) >= 11 is 1.80. The largest absolute Gasteiger partial charge is 0.377 e. The molecule has 1 N–H and O–H groups in total. The van der Waals surface area contributed by atoms with Gasteiger partial charge < -0.3 is 10.1 Å². The second-order valence-corrected chi connectivity index (χ2v) is 5.04. The first-order chi connectivity index (χ1) is 7.15. The van der Waals surface area contributed by atoms with Gasteiger partial charge in [-0.2, -0.15) is 0 Å².